The summed E-state index contributed by atoms with van der Waals surface area (Å²) in [7, 11) is -3.58. The molecule has 7 nitrogen and oxygen atoms in total. The Morgan fingerprint density at radius 2 is 1.76 bits per heavy atom. The number of rotatable bonds is 10. The number of ether oxygens (including phenoxy) is 1. The lowest BCUT2D eigenvalue weighted by atomic mass is 10.2. The summed E-state index contributed by atoms with van der Waals surface area (Å²) in [5, 5.41) is 4.45. The monoisotopic (exact) mass is 497 g/mol. The van der Waals surface area contributed by atoms with Gasteiger partial charge >= 0.3 is 0 Å². The first-order valence-electron chi connectivity index (χ1n) is 10.3. The van der Waals surface area contributed by atoms with Gasteiger partial charge in [0.05, 0.1) is 24.7 Å². The predicted molar refractivity (Wildman–Crippen MR) is 136 cm³/mol. The fourth-order valence-corrected chi connectivity index (χ4v) is 4.07. The number of benzene rings is 3. The standard InChI is InChI=1S/C25H24ClN3O4S/c1-3-16-33-23-14-8-19(9-15-23)17-27-28-25(30)20-10-12-22(13-11-20)29(34(2,31)32)18-21-6-4-5-7-24(21)26/h3-15,17H,1,16,18H2,2H3,(H,28,30)/b27-17+. The molecule has 0 aliphatic rings. The van der Waals surface area contributed by atoms with Crippen molar-refractivity contribution in [1.29, 1.82) is 0 Å². The maximum Gasteiger partial charge on any atom is 0.271 e. The van der Waals surface area contributed by atoms with Crippen LogP contribution in [-0.2, 0) is 16.6 Å². The van der Waals surface area contributed by atoms with E-state index in [2.05, 4.69) is 17.1 Å². The molecule has 3 aromatic carbocycles. The normalized spacial score (nSPS) is 11.2. The molecular formula is C25H24ClN3O4S. The predicted octanol–water partition coefficient (Wildman–Crippen LogP) is 4.63. The number of carbonyl (C=O) groups excluding carboxylic acids is 1. The van der Waals surface area contributed by atoms with Crippen molar-refractivity contribution in [3.8, 4) is 5.75 Å². The number of nitrogens with one attached hydrogen (secondary N) is 1. The van der Waals surface area contributed by atoms with Crippen molar-refractivity contribution in [2.24, 2.45) is 5.10 Å². The van der Waals surface area contributed by atoms with Crippen molar-refractivity contribution in [3.05, 3.63) is 107 Å². The number of amides is 1. The Morgan fingerprint density at radius 1 is 1.09 bits per heavy atom. The van der Waals surface area contributed by atoms with E-state index in [0.29, 0.717) is 34.2 Å². The van der Waals surface area contributed by atoms with Gasteiger partial charge in [-0.3, -0.25) is 9.10 Å². The molecule has 9 heteroatoms. The summed E-state index contributed by atoms with van der Waals surface area (Å²) < 4.78 is 31.4. The van der Waals surface area contributed by atoms with Gasteiger partial charge in [-0.1, -0.05) is 42.5 Å². The molecule has 3 aromatic rings. The Hall–Kier alpha value is -3.62. The van der Waals surface area contributed by atoms with E-state index >= 15 is 0 Å². The second kappa shape index (κ2) is 11.5. The second-order valence-corrected chi connectivity index (χ2v) is 9.59. The molecule has 0 saturated carbocycles. The van der Waals surface area contributed by atoms with E-state index in [4.69, 9.17) is 16.3 Å². The van der Waals surface area contributed by atoms with Gasteiger partial charge in [0.25, 0.3) is 5.91 Å². The van der Waals surface area contributed by atoms with Crippen LogP contribution in [-0.4, -0.2) is 33.4 Å². The van der Waals surface area contributed by atoms with Gasteiger partial charge in [-0.25, -0.2) is 13.8 Å². The molecule has 0 saturated heterocycles. The van der Waals surface area contributed by atoms with E-state index in [1.54, 1.807) is 54.6 Å². The van der Waals surface area contributed by atoms with Crippen LogP contribution in [0.1, 0.15) is 21.5 Å². The zero-order valence-electron chi connectivity index (χ0n) is 18.5. The molecule has 0 heterocycles. The number of sulfonamides is 1. The number of halogens is 1. The van der Waals surface area contributed by atoms with E-state index < -0.39 is 15.9 Å². The number of hydrogen-bond donors (Lipinski definition) is 1. The maximum absolute atomic E-state index is 12.4. The van der Waals surface area contributed by atoms with E-state index in [1.807, 2.05) is 12.1 Å². The summed E-state index contributed by atoms with van der Waals surface area (Å²) in [6.07, 6.45) is 4.30. The van der Waals surface area contributed by atoms with Crippen molar-refractivity contribution < 1.29 is 17.9 Å². The molecule has 34 heavy (non-hydrogen) atoms. The molecule has 0 aromatic heterocycles. The summed E-state index contributed by atoms with van der Waals surface area (Å²) >= 11 is 6.20. The third kappa shape index (κ3) is 6.94. The lowest BCUT2D eigenvalue weighted by Crippen LogP contribution is -2.29. The van der Waals surface area contributed by atoms with Crippen molar-refractivity contribution in [3.63, 3.8) is 0 Å². The Bertz CT molecular complexity index is 1270. The van der Waals surface area contributed by atoms with Crippen LogP contribution in [0.15, 0.2) is 90.6 Å². The highest BCUT2D eigenvalue weighted by Gasteiger charge is 2.19. The minimum Gasteiger partial charge on any atom is -0.490 e. The molecule has 0 unspecified atom stereocenters. The van der Waals surface area contributed by atoms with Gasteiger partial charge in [-0.15, -0.1) is 0 Å². The second-order valence-electron chi connectivity index (χ2n) is 7.28. The highest BCUT2D eigenvalue weighted by atomic mass is 35.5. The number of carbonyl (C=O) groups is 1. The lowest BCUT2D eigenvalue weighted by molar-refractivity contribution is 0.0955. The quantitative estimate of drug-likeness (QED) is 0.251. The van der Waals surface area contributed by atoms with Crippen LogP contribution in [0.3, 0.4) is 0 Å². The van der Waals surface area contributed by atoms with Crippen molar-refractivity contribution in [2.45, 2.75) is 6.54 Å². The first kappa shape index (κ1) is 25.0. The average Bonchev–Trinajstić information content (AvgIpc) is 2.82. The highest BCUT2D eigenvalue weighted by molar-refractivity contribution is 7.92. The molecule has 0 spiro atoms. The van der Waals surface area contributed by atoms with Gasteiger partial charge in [0.15, 0.2) is 0 Å². The van der Waals surface area contributed by atoms with E-state index in [-0.39, 0.29) is 6.54 Å². The summed E-state index contributed by atoms with van der Waals surface area (Å²) in [5.74, 6) is 0.282. The molecule has 0 aliphatic carbocycles. The summed E-state index contributed by atoms with van der Waals surface area (Å²) in [6.45, 7) is 4.09. The molecule has 0 fully saturated rings. The fraction of sp³-hybridized carbons (Fsp3) is 0.120. The average molecular weight is 498 g/mol. The number of nitrogens with zero attached hydrogens (tertiary/aromatic N) is 2. The molecule has 0 atom stereocenters. The van der Waals surface area contributed by atoms with Crippen LogP contribution in [0.2, 0.25) is 5.02 Å². The molecule has 3 rings (SSSR count). The molecular weight excluding hydrogens is 474 g/mol. The molecule has 1 amide bonds. The van der Waals surface area contributed by atoms with Crippen LogP contribution in [0.4, 0.5) is 5.69 Å². The summed E-state index contributed by atoms with van der Waals surface area (Å²) in [6, 6.07) is 20.5. The summed E-state index contributed by atoms with van der Waals surface area (Å²) in [4.78, 5) is 12.4. The van der Waals surface area contributed by atoms with Crippen LogP contribution < -0.4 is 14.5 Å². The fourth-order valence-electron chi connectivity index (χ4n) is 3.00. The Kier molecular flexibility index (Phi) is 8.45. The first-order valence-corrected chi connectivity index (χ1v) is 12.5. The Morgan fingerprint density at radius 3 is 2.38 bits per heavy atom. The first-order chi connectivity index (χ1) is 16.3. The Labute approximate surface area is 204 Å². The van der Waals surface area contributed by atoms with Crippen molar-refractivity contribution in [1.82, 2.24) is 5.43 Å². The van der Waals surface area contributed by atoms with E-state index in [0.717, 1.165) is 11.8 Å². The van der Waals surface area contributed by atoms with Crippen LogP contribution in [0, 0.1) is 0 Å². The maximum atomic E-state index is 12.4. The molecule has 1 N–H and O–H groups in total. The van der Waals surface area contributed by atoms with E-state index in [1.165, 1.54) is 22.7 Å². The van der Waals surface area contributed by atoms with Crippen LogP contribution in [0.25, 0.3) is 0 Å². The molecule has 0 bridgehead atoms. The van der Waals surface area contributed by atoms with Crippen LogP contribution in [0.5, 0.6) is 5.75 Å². The highest BCUT2D eigenvalue weighted by Crippen LogP contribution is 2.24. The minimum absolute atomic E-state index is 0.0752. The minimum atomic E-state index is -3.58. The third-order valence-electron chi connectivity index (χ3n) is 4.72. The third-order valence-corrected chi connectivity index (χ3v) is 6.23. The number of hydrogen-bond acceptors (Lipinski definition) is 5. The number of hydrazone groups is 1. The van der Waals surface area contributed by atoms with Crippen molar-refractivity contribution in [2.75, 3.05) is 17.2 Å². The number of anilines is 1. The van der Waals surface area contributed by atoms with Gasteiger partial charge in [0, 0.05) is 10.6 Å². The van der Waals surface area contributed by atoms with Crippen LogP contribution >= 0.6 is 11.6 Å². The van der Waals surface area contributed by atoms with Gasteiger partial charge < -0.3 is 4.74 Å². The largest absolute Gasteiger partial charge is 0.490 e. The SMILES string of the molecule is C=CCOc1ccc(/C=N/NC(=O)c2ccc(N(Cc3ccccc3Cl)S(C)(=O)=O)cc2)cc1. The van der Waals surface area contributed by atoms with Gasteiger partial charge in [0.1, 0.15) is 12.4 Å². The van der Waals surface area contributed by atoms with Gasteiger partial charge in [-0.2, -0.15) is 5.10 Å². The summed E-state index contributed by atoms with van der Waals surface area (Å²) in [5.41, 5.74) is 4.67. The Balaban J connectivity index is 1.66. The van der Waals surface area contributed by atoms with Gasteiger partial charge in [-0.05, 0) is 65.7 Å². The lowest BCUT2D eigenvalue weighted by Gasteiger charge is -2.23. The van der Waals surface area contributed by atoms with E-state index in [9.17, 15) is 13.2 Å². The smallest absolute Gasteiger partial charge is 0.271 e. The molecule has 0 radical (unpaired) electrons. The van der Waals surface area contributed by atoms with Gasteiger partial charge in [0.2, 0.25) is 10.0 Å². The molecule has 176 valence electrons. The molecule has 0 aliphatic heterocycles. The van der Waals surface area contributed by atoms with Crippen molar-refractivity contribution >= 4 is 39.4 Å². The topological polar surface area (TPSA) is 88.1 Å². The zero-order chi connectivity index (χ0) is 24.6. The zero-order valence-corrected chi connectivity index (χ0v) is 20.1.